The Bertz CT molecular complexity index is 1420. The van der Waals surface area contributed by atoms with Gasteiger partial charge in [0.25, 0.3) is 5.91 Å². The van der Waals surface area contributed by atoms with Crippen molar-refractivity contribution < 1.29 is 18.7 Å². The van der Waals surface area contributed by atoms with Crippen LogP contribution in [0.15, 0.2) is 77.5 Å². The number of rotatable bonds is 6. The fourth-order valence-electron chi connectivity index (χ4n) is 3.65. The molecule has 1 amide bonds. The van der Waals surface area contributed by atoms with Crippen molar-refractivity contribution in [2.45, 2.75) is 0 Å². The molecule has 2 N–H and O–H groups in total. The lowest BCUT2D eigenvalue weighted by atomic mass is 10.1. The summed E-state index contributed by atoms with van der Waals surface area (Å²) in [6.07, 6.45) is 1.24. The van der Waals surface area contributed by atoms with E-state index in [1.807, 2.05) is 48.5 Å². The molecule has 0 saturated carbocycles. The lowest BCUT2D eigenvalue weighted by Gasteiger charge is -2.10. The number of nitrogens with one attached hydrogen (secondary N) is 2. The van der Waals surface area contributed by atoms with Gasteiger partial charge < -0.3 is 24.2 Å². The number of aromatic nitrogens is 3. The van der Waals surface area contributed by atoms with Gasteiger partial charge >= 0.3 is 0 Å². The summed E-state index contributed by atoms with van der Waals surface area (Å²) >= 11 is 0. The molecule has 0 atom stereocenters. The van der Waals surface area contributed by atoms with Crippen LogP contribution in [0.4, 0.5) is 5.69 Å². The average Bonchev–Trinajstić information content (AvgIpc) is 3.51. The van der Waals surface area contributed by atoms with E-state index >= 15 is 0 Å². The van der Waals surface area contributed by atoms with Crippen LogP contribution in [0.5, 0.6) is 11.5 Å². The molecule has 0 unspecified atom stereocenters. The summed E-state index contributed by atoms with van der Waals surface area (Å²) in [5.74, 6) is 1.68. The molecule has 8 nitrogen and oxygen atoms in total. The second-order valence-corrected chi connectivity index (χ2v) is 7.20. The van der Waals surface area contributed by atoms with E-state index in [0.29, 0.717) is 34.3 Å². The number of hydrogen-bond donors (Lipinski definition) is 2. The van der Waals surface area contributed by atoms with E-state index < -0.39 is 5.91 Å². The Morgan fingerprint density at radius 1 is 0.970 bits per heavy atom. The van der Waals surface area contributed by atoms with Crippen molar-refractivity contribution in [2.75, 3.05) is 19.5 Å². The number of hydrogen-bond acceptors (Lipinski definition) is 6. The van der Waals surface area contributed by atoms with Crippen LogP contribution >= 0.6 is 0 Å². The number of imidazole rings is 1. The van der Waals surface area contributed by atoms with Gasteiger partial charge in [-0.1, -0.05) is 24.3 Å². The second-order valence-electron chi connectivity index (χ2n) is 7.20. The maximum Gasteiger partial charge on any atom is 0.278 e. The Balaban J connectivity index is 1.47. The first kappa shape index (κ1) is 20.3. The van der Waals surface area contributed by atoms with Crippen LogP contribution in [0.1, 0.15) is 10.5 Å². The van der Waals surface area contributed by atoms with Crippen molar-refractivity contribution in [1.82, 2.24) is 15.0 Å². The predicted octanol–water partition coefficient (Wildman–Crippen LogP) is 5.15. The monoisotopic (exact) mass is 440 g/mol. The van der Waals surface area contributed by atoms with E-state index in [1.165, 1.54) is 6.39 Å². The first-order valence-corrected chi connectivity index (χ1v) is 10.2. The number of methoxy groups -OCH3 is 2. The molecular formula is C25H20N4O4. The van der Waals surface area contributed by atoms with Crippen LogP contribution in [0.3, 0.4) is 0 Å². The van der Waals surface area contributed by atoms with Crippen molar-refractivity contribution in [1.29, 1.82) is 0 Å². The largest absolute Gasteiger partial charge is 0.493 e. The molecule has 0 fully saturated rings. The van der Waals surface area contributed by atoms with Gasteiger partial charge in [-0.15, -0.1) is 0 Å². The van der Waals surface area contributed by atoms with Gasteiger partial charge in [-0.25, -0.2) is 9.97 Å². The van der Waals surface area contributed by atoms with Crippen LogP contribution in [0.2, 0.25) is 0 Å². The Hall–Kier alpha value is -4.59. The number of oxazole rings is 1. The lowest BCUT2D eigenvalue weighted by Crippen LogP contribution is -2.14. The molecule has 0 bridgehead atoms. The van der Waals surface area contributed by atoms with Gasteiger partial charge in [-0.05, 0) is 42.5 Å². The summed E-state index contributed by atoms with van der Waals surface area (Å²) in [4.78, 5) is 25.3. The summed E-state index contributed by atoms with van der Waals surface area (Å²) in [5, 5.41) is 2.94. The number of anilines is 1. The molecule has 5 rings (SSSR count). The first-order chi connectivity index (χ1) is 16.2. The van der Waals surface area contributed by atoms with Gasteiger partial charge in [-0.2, -0.15) is 0 Å². The van der Waals surface area contributed by atoms with Crippen LogP contribution in [0.25, 0.3) is 33.7 Å². The molecule has 0 spiro atoms. The fraction of sp³-hybridized carbons (Fsp3) is 0.0800. The number of fused-ring (bicyclic) bond motifs is 1. The number of carbonyl (C=O) groups is 1. The number of H-pyrrole nitrogens is 1. The quantitative estimate of drug-likeness (QED) is 0.378. The topological polar surface area (TPSA) is 102 Å². The number of para-hydroxylation sites is 3. The number of ether oxygens (including phenoxy) is 2. The number of nitrogens with zero attached hydrogens (tertiary/aromatic N) is 2. The highest BCUT2D eigenvalue weighted by Gasteiger charge is 2.21. The third kappa shape index (κ3) is 3.78. The Morgan fingerprint density at radius 2 is 1.76 bits per heavy atom. The van der Waals surface area contributed by atoms with Gasteiger partial charge in [-0.3, -0.25) is 4.79 Å². The average molecular weight is 440 g/mol. The molecule has 0 aliphatic heterocycles. The fourth-order valence-corrected chi connectivity index (χ4v) is 3.65. The zero-order chi connectivity index (χ0) is 22.8. The zero-order valence-electron chi connectivity index (χ0n) is 18.0. The van der Waals surface area contributed by atoms with Crippen molar-refractivity contribution >= 4 is 22.6 Å². The molecule has 2 heterocycles. The highest BCUT2D eigenvalue weighted by atomic mass is 16.5. The molecule has 164 valence electrons. The van der Waals surface area contributed by atoms with E-state index in [0.717, 1.165) is 16.6 Å². The Labute approximate surface area is 189 Å². The minimum atomic E-state index is -0.405. The van der Waals surface area contributed by atoms with E-state index in [1.54, 1.807) is 32.4 Å². The van der Waals surface area contributed by atoms with Crippen LogP contribution in [-0.2, 0) is 0 Å². The van der Waals surface area contributed by atoms with Gasteiger partial charge in [0.2, 0.25) is 0 Å². The summed E-state index contributed by atoms with van der Waals surface area (Å²) in [7, 11) is 3.11. The SMILES string of the molecule is COc1ccc(-c2ocnc2C(=O)Nc2ccccc2-c2nc3ccccc3[nH]2)cc1OC. The summed E-state index contributed by atoms with van der Waals surface area (Å²) in [6, 6.07) is 20.5. The van der Waals surface area contributed by atoms with Gasteiger partial charge in [0.15, 0.2) is 29.3 Å². The summed E-state index contributed by atoms with van der Waals surface area (Å²) in [5.41, 5.74) is 3.92. The number of aromatic amines is 1. The van der Waals surface area contributed by atoms with E-state index in [2.05, 4.69) is 20.3 Å². The Morgan fingerprint density at radius 3 is 2.58 bits per heavy atom. The van der Waals surface area contributed by atoms with Gasteiger partial charge in [0.1, 0.15) is 5.82 Å². The van der Waals surface area contributed by atoms with Gasteiger partial charge in [0, 0.05) is 11.1 Å². The molecule has 0 aliphatic rings. The van der Waals surface area contributed by atoms with E-state index in [-0.39, 0.29) is 5.69 Å². The molecule has 0 radical (unpaired) electrons. The highest BCUT2D eigenvalue weighted by Crippen LogP contribution is 2.34. The molecule has 3 aromatic carbocycles. The third-order valence-corrected chi connectivity index (χ3v) is 5.25. The first-order valence-electron chi connectivity index (χ1n) is 10.2. The number of benzene rings is 3. The van der Waals surface area contributed by atoms with Crippen molar-refractivity contribution in [3.8, 4) is 34.2 Å². The smallest absolute Gasteiger partial charge is 0.278 e. The molecule has 8 heteroatoms. The predicted molar refractivity (Wildman–Crippen MR) is 125 cm³/mol. The van der Waals surface area contributed by atoms with Crippen LogP contribution in [-0.4, -0.2) is 35.1 Å². The molecule has 2 aromatic heterocycles. The normalized spacial score (nSPS) is 10.8. The molecule has 33 heavy (non-hydrogen) atoms. The van der Waals surface area contributed by atoms with E-state index in [9.17, 15) is 4.79 Å². The standard InChI is InChI=1S/C25H20N4O4/c1-31-20-12-11-15(13-21(20)32-2)23-22(26-14-33-23)25(30)29-17-8-4-3-7-16(17)24-27-18-9-5-6-10-19(18)28-24/h3-14H,1-2H3,(H,27,28)(H,29,30). The molecular weight excluding hydrogens is 420 g/mol. The molecule has 5 aromatic rings. The zero-order valence-corrected chi connectivity index (χ0v) is 18.0. The van der Waals surface area contributed by atoms with Crippen molar-refractivity contribution in [3.63, 3.8) is 0 Å². The lowest BCUT2D eigenvalue weighted by molar-refractivity contribution is 0.102. The van der Waals surface area contributed by atoms with Crippen LogP contribution < -0.4 is 14.8 Å². The molecule has 0 saturated heterocycles. The minimum Gasteiger partial charge on any atom is -0.493 e. The van der Waals surface area contributed by atoms with E-state index in [4.69, 9.17) is 13.9 Å². The van der Waals surface area contributed by atoms with Crippen molar-refractivity contribution in [3.05, 3.63) is 78.8 Å². The van der Waals surface area contributed by atoms with Crippen LogP contribution in [0, 0.1) is 0 Å². The van der Waals surface area contributed by atoms with Crippen molar-refractivity contribution in [2.24, 2.45) is 0 Å². The second kappa shape index (κ2) is 8.51. The number of amides is 1. The maximum atomic E-state index is 13.2. The summed E-state index contributed by atoms with van der Waals surface area (Å²) in [6.45, 7) is 0. The number of carbonyl (C=O) groups excluding carboxylic acids is 1. The highest BCUT2D eigenvalue weighted by molar-refractivity contribution is 6.08. The third-order valence-electron chi connectivity index (χ3n) is 5.25. The summed E-state index contributed by atoms with van der Waals surface area (Å²) < 4.78 is 16.2. The van der Waals surface area contributed by atoms with Gasteiger partial charge in [0.05, 0.1) is 30.9 Å². The molecule has 0 aliphatic carbocycles. The Kier molecular flexibility index (Phi) is 5.24. The maximum absolute atomic E-state index is 13.2. The minimum absolute atomic E-state index is 0.154.